The van der Waals surface area contributed by atoms with Crippen molar-refractivity contribution >= 4 is 50.9 Å². The Labute approximate surface area is 184 Å². The number of allylic oxidation sites excluding steroid dienone is 3. The van der Waals surface area contributed by atoms with Crippen LogP contribution in [0.2, 0.25) is 0 Å². The summed E-state index contributed by atoms with van der Waals surface area (Å²) in [5.41, 5.74) is 1.69. The predicted octanol–water partition coefficient (Wildman–Crippen LogP) is 5.59. The van der Waals surface area contributed by atoms with E-state index in [2.05, 4.69) is 12.1 Å². The maximum absolute atomic E-state index is 13.2. The molecule has 0 spiro atoms. The molecule has 0 radical (unpaired) electrons. The number of anilines is 1. The SMILES string of the molecule is CCN1C(=O)/C(=C2/Oc3ccc4ccccc4c3N2C)SC1=NC1=CCCC=C1Cl. The number of amidine groups is 1. The summed E-state index contributed by atoms with van der Waals surface area (Å²) in [6, 6.07) is 12.2. The van der Waals surface area contributed by atoms with Gasteiger partial charge in [-0.1, -0.05) is 54.1 Å². The van der Waals surface area contributed by atoms with Crippen molar-refractivity contribution in [3.05, 3.63) is 70.1 Å². The van der Waals surface area contributed by atoms with E-state index in [9.17, 15) is 4.79 Å². The van der Waals surface area contributed by atoms with E-state index in [1.165, 1.54) is 11.8 Å². The lowest BCUT2D eigenvalue weighted by atomic mass is 10.1. The van der Waals surface area contributed by atoms with Gasteiger partial charge in [0.05, 0.1) is 16.4 Å². The van der Waals surface area contributed by atoms with Crippen LogP contribution >= 0.6 is 23.4 Å². The number of likely N-dealkylation sites (N-methyl/N-ethyl adjacent to an activating group) is 1. The number of ether oxygens (including phenoxy) is 1. The van der Waals surface area contributed by atoms with Crippen molar-refractivity contribution in [1.29, 1.82) is 0 Å². The van der Waals surface area contributed by atoms with Crippen molar-refractivity contribution in [2.45, 2.75) is 19.8 Å². The number of amides is 1. The van der Waals surface area contributed by atoms with Crippen molar-refractivity contribution in [1.82, 2.24) is 4.90 Å². The van der Waals surface area contributed by atoms with Crippen molar-refractivity contribution in [2.24, 2.45) is 4.99 Å². The fourth-order valence-corrected chi connectivity index (χ4v) is 5.21. The number of hydrogen-bond acceptors (Lipinski definition) is 5. The zero-order valence-corrected chi connectivity index (χ0v) is 18.3. The van der Waals surface area contributed by atoms with Crippen LogP contribution in [0.1, 0.15) is 19.8 Å². The number of benzene rings is 2. The molecule has 152 valence electrons. The van der Waals surface area contributed by atoms with Gasteiger partial charge < -0.3 is 9.64 Å². The summed E-state index contributed by atoms with van der Waals surface area (Å²) in [6.45, 7) is 2.46. The molecule has 2 heterocycles. The Bertz CT molecular complexity index is 1200. The van der Waals surface area contributed by atoms with E-state index in [1.807, 2.05) is 55.3 Å². The van der Waals surface area contributed by atoms with E-state index in [0.29, 0.717) is 27.5 Å². The molecular weight excluding hydrogens is 418 g/mol. The lowest BCUT2D eigenvalue weighted by Gasteiger charge is -2.15. The molecule has 1 fully saturated rings. The topological polar surface area (TPSA) is 45.1 Å². The molecule has 2 aliphatic heterocycles. The highest BCUT2D eigenvalue weighted by Gasteiger charge is 2.40. The largest absolute Gasteiger partial charge is 0.437 e. The first kappa shape index (κ1) is 19.3. The summed E-state index contributed by atoms with van der Waals surface area (Å²) in [6.07, 6.45) is 5.79. The number of carbonyl (C=O) groups is 1. The normalized spacial score (nSPS) is 22.5. The number of carbonyl (C=O) groups excluding carboxylic acids is 1. The van der Waals surface area contributed by atoms with Gasteiger partial charge in [-0.2, -0.15) is 0 Å². The molecule has 0 N–H and O–H groups in total. The standard InChI is InChI=1S/C23H20ClN3O2S/c1-3-27-21(28)20(30-23(27)25-17-11-7-6-10-16(17)24)22-26(2)19-15-9-5-4-8-14(15)12-13-18(19)29-22/h4-5,8-13H,3,6-7H2,1-2H3/b22-20-,25-23?. The van der Waals surface area contributed by atoms with Gasteiger partial charge in [0, 0.05) is 19.0 Å². The molecule has 7 heteroatoms. The van der Waals surface area contributed by atoms with Gasteiger partial charge in [0.2, 0.25) is 5.88 Å². The number of fused-ring (bicyclic) bond motifs is 3. The Morgan fingerprint density at radius 2 is 1.97 bits per heavy atom. The Hall–Kier alpha value is -2.70. The van der Waals surface area contributed by atoms with Crippen molar-refractivity contribution in [2.75, 3.05) is 18.5 Å². The third-order valence-electron chi connectivity index (χ3n) is 5.37. The highest BCUT2D eigenvalue weighted by Crippen LogP contribution is 2.47. The van der Waals surface area contributed by atoms with E-state index in [-0.39, 0.29) is 5.91 Å². The number of halogens is 1. The molecule has 5 nitrogen and oxygen atoms in total. The maximum Gasteiger partial charge on any atom is 0.272 e. The number of nitrogens with zero attached hydrogens (tertiary/aromatic N) is 3. The molecule has 1 saturated heterocycles. The number of aliphatic imine (C=N–C) groups is 1. The Morgan fingerprint density at radius 1 is 1.17 bits per heavy atom. The van der Waals surface area contributed by atoms with Crippen LogP contribution < -0.4 is 9.64 Å². The van der Waals surface area contributed by atoms with Crippen LogP contribution in [-0.2, 0) is 4.79 Å². The van der Waals surface area contributed by atoms with E-state index >= 15 is 0 Å². The van der Waals surface area contributed by atoms with Crippen LogP contribution in [0.3, 0.4) is 0 Å². The molecule has 5 rings (SSSR count). The molecule has 0 atom stereocenters. The quantitative estimate of drug-likeness (QED) is 0.574. The first-order chi connectivity index (χ1) is 14.6. The van der Waals surface area contributed by atoms with E-state index < -0.39 is 0 Å². The van der Waals surface area contributed by atoms with Crippen molar-refractivity contribution in [3.8, 4) is 5.75 Å². The molecule has 2 aromatic rings. The second-order valence-corrected chi connectivity index (χ2v) is 8.58. The first-order valence-electron chi connectivity index (χ1n) is 9.90. The van der Waals surface area contributed by atoms with Crippen LogP contribution in [0, 0.1) is 0 Å². The Kier molecular flexibility index (Phi) is 4.83. The average molecular weight is 438 g/mol. The van der Waals surface area contributed by atoms with Gasteiger partial charge in [0.15, 0.2) is 10.9 Å². The molecule has 2 aromatic carbocycles. The smallest absolute Gasteiger partial charge is 0.272 e. The highest BCUT2D eigenvalue weighted by atomic mass is 35.5. The van der Waals surface area contributed by atoms with Gasteiger partial charge >= 0.3 is 0 Å². The summed E-state index contributed by atoms with van der Waals surface area (Å²) >= 11 is 7.66. The van der Waals surface area contributed by atoms with Crippen LogP contribution in [0.4, 0.5) is 5.69 Å². The summed E-state index contributed by atoms with van der Waals surface area (Å²) in [7, 11) is 1.93. The molecule has 0 unspecified atom stereocenters. The molecular formula is C23H20ClN3O2S. The molecule has 0 aromatic heterocycles. The fourth-order valence-electron chi connectivity index (χ4n) is 3.87. The van der Waals surface area contributed by atoms with Crippen molar-refractivity contribution < 1.29 is 9.53 Å². The maximum atomic E-state index is 13.2. The Balaban J connectivity index is 1.56. The molecule has 0 bridgehead atoms. The monoisotopic (exact) mass is 437 g/mol. The second-order valence-electron chi connectivity index (χ2n) is 7.19. The van der Waals surface area contributed by atoms with E-state index in [0.717, 1.165) is 40.7 Å². The van der Waals surface area contributed by atoms with Gasteiger partial charge in [-0.3, -0.25) is 9.69 Å². The third-order valence-corrected chi connectivity index (χ3v) is 6.77. The molecule has 0 saturated carbocycles. The van der Waals surface area contributed by atoms with Gasteiger partial charge in [0.25, 0.3) is 5.91 Å². The minimum Gasteiger partial charge on any atom is -0.437 e. The lowest BCUT2D eigenvalue weighted by Crippen LogP contribution is -2.30. The van der Waals surface area contributed by atoms with Gasteiger partial charge in [-0.15, -0.1) is 0 Å². The van der Waals surface area contributed by atoms with Crippen molar-refractivity contribution in [3.63, 3.8) is 0 Å². The fraction of sp³-hybridized carbons (Fsp3) is 0.217. The number of hydrogen-bond donors (Lipinski definition) is 0. The first-order valence-corrected chi connectivity index (χ1v) is 11.1. The minimum atomic E-state index is -0.100. The average Bonchev–Trinajstić information content (AvgIpc) is 3.26. The minimum absolute atomic E-state index is 0.100. The summed E-state index contributed by atoms with van der Waals surface area (Å²) < 4.78 is 6.16. The summed E-state index contributed by atoms with van der Waals surface area (Å²) in [5.74, 6) is 1.19. The zero-order valence-electron chi connectivity index (χ0n) is 16.7. The van der Waals surface area contributed by atoms with Crippen LogP contribution in [0.15, 0.2) is 75.1 Å². The highest BCUT2D eigenvalue weighted by molar-refractivity contribution is 8.18. The predicted molar refractivity (Wildman–Crippen MR) is 124 cm³/mol. The number of rotatable bonds is 2. The molecule has 1 aliphatic carbocycles. The Morgan fingerprint density at radius 3 is 2.77 bits per heavy atom. The van der Waals surface area contributed by atoms with Gasteiger partial charge in [-0.25, -0.2) is 4.99 Å². The zero-order chi connectivity index (χ0) is 20.8. The molecule has 1 amide bonds. The lowest BCUT2D eigenvalue weighted by molar-refractivity contribution is -0.122. The van der Waals surface area contributed by atoms with E-state index in [1.54, 1.807) is 4.90 Å². The second kappa shape index (κ2) is 7.52. The van der Waals surface area contributed by atoms with Gasteiger partial charge in [0.1, 0.15) is 4.91 Å². The van der Waals surface area contributed by atoms with E-state index in [4.69, 9.17) is 21.3 Å². The number of thioether (sulfide) groups is 1. The van der Waals surface area contributed by atoms with Crippen LogP contribution in [-0.4, -0.2) is 29.6 Å². The van der Waals surface area contributed by atoms with Crippen LogP contribution in [0.5, 0.6) is 5.75 Å². The third kappa shape index (κ3) is 3.02. The van der Waals surface area contributed by atoms with Gasteiger partial charge in [-0.05, 0) is 43.0 Å². The summed E-state index contributed by atoms with van der Waals surface area (Å²) in [5, 5.41) is 3.48. The molecule has 30 heavy (non-hydrogen) atoms. The van der Waals surface area contributed by atoms with Crippen LogP contribution in [0.25, 0.3) is 10.8 Å². The molecule has 3 aliphatic rings. The summed E-state index contributed by atoms with van der Waals surface area (Å²) in [4.78, 5) is 22.1.